The van der Waals surface area contributed by atoms with Crippen LogP contribution in [0.5, 0.6) is 0 Å². The van der Waals surface area contributed by atoms with Gasteiger partial charge in [-0.25, -0.2) is 9.18 Å². The summed E-state index contributed by atoms with van der Waals surface area (Å²) in [7, 11) is 0. The molecule has 2 aromatic carbocycles. The summed E-state index contributed by atoms with van der Waals surface area (Å²) >= 11 is 6.06. The maximum absolute atomic E-state index is 14.8. The molecule has 1 saturated heterocycles. The second-order valence-electron chi connectivity index (χ2n) is 7.16. The summed E-state index contributed by atoms with van der Waals surface area (Å²) in [4.78, 5) is 38.8. The monoisotopic (exact) mass is 502 g/mol. The molecule has 1 heterocycles. The fraction of sp³-hybridized carbons (Fsp3) is 0.286. The van der Waals surface area contributed by atoms with Crippen LogP contribution >= 0.6 is 11.6 Å². The van der Waals surface area contributed by atoms with Gasteiger partial charge in [0.05, 0.1) is 19.8 Å². The lowest BCUT2D eigenvalue weighted by Gasteiger charge is -2.33. The number of ether oxygens (including phenoxy) is 1. The van der Waals surface area contributed by atoms with E-state index in [0.717, 1.165) is 12.1 Å². The fourth-order valence-corrected chi connectivity index (χ4v) is 3.27. The van der Waals surface area contributed by atoms with E-state index in [1.165, 1.54) is 16.4 Å². The van der Waals surface area contributed by atoms with E-state index in [1.807, 2.05) is 0 Å². The fourth-order valence-electron chi connectivity index (χ4n) is 3.08. The zero-order valence-corrected chi connectivity index (χ0v) is 18.3. The number of carbonyl (C=O) groups excluding carboxylic acids is 3. The van der Waals surface area contributed by atoms with Crippen molar-refractivity contribution in [3.05, 3.63) is 64.4 Å². The van der Waals surface area contributed by atoms with E-state index in [0.29, 0.717) is 37.0 Å². The molecule has 0 bridgehead atoms. The number of amides is 4. The molecule has 0 aromatic heterocycles. The number of halogens is 5. The third kappa shape index (κ3) is 6.35. The van der Waals surface area contributed by atoms with Crippen LogP contribution in [0.3, 0.4) is 0 Å². The van der Waals surface area contributed by atoms with Crippen molar-refractivity contribution in [3.63, 3.8) is 0 Å². The Morgan fingerprint density at radius 1 is 1.06 bits per heavy atom. The van der Waals surface area contributed by atoms with Gasteiger partial charge in [-0.3, -0.25) is 25.3 Å². The van der Waals surface area contributed by atoms with Crippen molar-refractivity contribution in [2.45, 2.75) is 12.7 Å². The molecule has 0 radical (unpaired) electrons. The molecular weight excluding hydrogens is 484 g/mol. The van der Waals surface area contributed by atoms with E-state index in [9.17, 15) is 31.9 Å². The van der Waals surface area contributed by atoms with Crippen molar-refractivity contribution in [1.29, 1.82) is 0 Å². The quantitative estimate of drug-likeness (QED) is 0.496. The number of alkyl halides is 3. The van der Waals surface area contributed by atoms with Crippen LogP contribution in [-0.4, -0.2) is 55.2 Å². The maximum Gasteiger partial charge on any atom is 0.472 e. The topological polar surface area (TPSA) is 91.0 Å². The van der Waals surface area contributed by atoms with Gasteiger partial charge in [0.25, 0.3) is 5.91 Å². The molecule has 0 unspecified atom stereocenters. The van der Waals surface area contributed by atoms with E-state index in [-0.39, 0.29) is 17.7 Å². The first-order valence-electron chi connectivity index (χ1n) is 9.92. The number of morpholine rings is 1. The summed E-state index contributed by atoms with van der Waals surface area (Å²) in [6.07, 6.45) is -5.20. The van der Waals surface area contributed by atoms with Crippen LogP contribution < -0.4 is 15.8 Å². The van der Waals surface area contributed by atoms with Gasteiger partial charge in [0.1, 0.15) is 5.82 Å². The number of hydrogen-bond acceptors (Lipinski definition) is 4. The molecular formula is C21H19ClF4N4O4. The van der Waals surface area contributed by atoms with Crippen LogP contribution in [0.4, 0.5) is 28.0 Å². The summed E-state index contributed by atoms with van der Waals surface area (Å²) in [5, 5.41) is 0.366. The average molecular weight is 503 g/mol. The lowest BCUT2D eigenvalue weighted by molar-refractivity contribution is -0.174. The average Bonchev–Trinajstić information content (AvgIpc) is 2.81. The van der Waals surface area contributed by atoms with E-state index in [4.69, 9.17) is 16.3 Å². The predicted octanol–water partition coefficient (Wildman–Crippen LogP) is 3.26. The Morgan fingerprint density at radius 3 is 2.38 bits per heavy atom. The minimum atomic E-state index is -5.20. The van der Waals surface area contributed by atoms with Gasteiger partial charge in [-0.2, -0.15) is 13.2 Å². The Hall–Kier alpha value is -3.38. The Morgan fingerprint density at radius 2 is 1.76 bits per heavy atom. The van der Waals surface area contributed by atoms with E-state index < -0.39 is 29.8 Å². The lowest BCUT2D eigenvalue weighted by Crippen LogP contribution is -2.48. The molecule has 0 spiro atoms. The van der Waals surface area contributed by atoms with Crippen LogP contribution in [-0.2, 0) is 16.1 Å². The molecule has 182 valence electrons. The van der Waals surface area contributed by atoms with Crippen molar-refractivity contribution in [2.75, 3.05) is 31.2 Å². The summed E-state index contributed by atoms with van der Waals surface area (Å²) in [6.45, 7) is 1.20. The summed E-state index contributed by atoms with van der Waals surface area (Å²) in [5.74, 6) is -4.41. The van der Waals surface area contributed by atoms with Crippen LogP contribution in [0.15, 0.2) is 42.5 Å². The highest BCUT2D eigenvalue weighted by Crippen LogP contribution is 2.24. The van der Waals surface area contributed by atoms with Gasteiger partial charge in [-0.15, -0.1) is 0 Å². The van der Waals surface area contributed by atoms with Gasteiger partial charge in [-0.1, -0.05) is 23.7 Å². The predicted molar refractivity (Wildman–Crippen MR) is 113 cm³/mol. The summed E-state index contributed by atoms with van der Waals surface area (Å²) in [5.41, 5.74) is 2.88. The number of rotatable bonds is 4. The molecule has 13 heteroatoms. The largest absolute Gasteiger partial charge is 0.472 e. The van der Waals surface area contributed by atoms with E-state index in [2.05, 4.69) is 0 Å². The van der Waals surface area contributed by atoms with Crippen LogP contribution in [0.2, 0.25) is 5.02 Å². The van der Waals surface area contributed by atoms with Crippen molar-refractivity contribution in [3.8, 4) is 0 Å². The molecule has 2 aromatic rings. The second kappa shape index (κ2) is 10.7. The molecule has 0 atom stereocenters. The molecule has 4 amide bonds. The minimum Gasteiger partial charge on any atom is -0.378 e. The van der Waals surface area contributed by atoms with Gasteiger partial charge in [0.15, 0.2) is 0 Å². The number of nitrogens with zero attached hydrogens (tertiary/aromatic N) is 2. The molecule has 1 aliphatic rings. The highest BCUT2D eigenvalue weighted by atomic mass is 35.5. The van der Waals surface area contributed by atoms with Crippen LogP contribution in [0.25, 0.3) is 0 Å². The van der Waals surface area contributed by atoms with Crippen molar-refractivity contribution in [1.82, 2.24) is 15.8 Å². The SMILES string of the molecule is O=C(NNC(=O)C(F)(F)F)c1ccc(CN(C(=O)N2CCOCC2)c2cccc(Cl)c2)c(F)c1. The Bertz CT molecular complexity index is 1080. The molecule has 0 saturated carbocycles. The normalized spacial score (nSPS) is 13.9. The number of hydrogen-bond donors (Lipinski definition) is 2. The van der Waals surface area contributed by atoms with Gasteiger partial charge >= 0.3 is 18.1 Å². The van der Waals surface area contributed by atoms with Gasteiger partial charge in [0.2, 0.25) is 0 Å². The van der Waals surface area contributed by atoms with Crippen LogP contribution in [0.1, 0.15) is 15.9 Å². The van der Waals surface area contributed by atoms with Crippen LogP contribution in [0, 0.1) is 5.82 Å². The summed E-state index contributed by atoms with van der Waals surface area (Å²) < 4.78 is 56.8. The summed E-state index contributed by atoms with van der Waals surface area (Å²) in [6, 6.07) is 9.20. The van der Waals surface area contributed by atoms with E-state index in [1.54, 1.807) is 34.6 Å². The molecule has 1 aliphatic heterocycles. The highest BCUT2D eigenvalue weighted by Gasteiger charge is 2.39. The first-order valence-corrected chi connectivity index (χ1v) is 10.3. The molecule has 2 N–H and O–H groups in total. The third-order valence-corrected chi connectivity index (χ3v) is 5.06. The molecule has 0 aliphatic carbocycles. The second-order valence-corrected chi connectivity index (χ2v) is 7.60. The number of hydrazine groups is 1. The van der Waals surface area contributed by atoms with Gasteiger partial charge in [0, 0.05) is 34.9 Å². The standard InChI is InChI=1S/C21H19ClF4N4O4/c22-15-2-1-3-16(11-15)30(20(33)29-6-8-34-9-7-29)12-14-5-4-13(10-17(14)23)18(31)27-28-19(32)21(24,25)26/h1-5,10-11H,6-9,12H2,(H,27,31)(H,28,32). The van der Waals surface area contributed by atoms with Crippen molar-refractivity contribution < 1.29 is 36.7 Å². The number of nitrogens with one attached hydrogen (secondary N) is 2. The zero-order chi connectivity index (χ0) is 24.9. The first-order chi connectivity index (χ1) is 16.1. The molecule has 8 nitrogen and oxygen atoms in total. The maximum atomic E-state index is 14.8. The van der Waals surface area contributed by atoms with E-state index >= 15 is 0 Å². The molecule has 3 rings (SSSR count). The number of urea groups is 1. The number of carbonyl (C=O) groups is 3. The van der Waals surface area contributed by atoms with Gasteiger partial charge < -0.3 is 9.64 Å². The van der Waals surface area contributed by atoms with Gasteiger partial charge in [-0.05, 0) is 30.3 Å². The van der Waals surface area contributed by atoms with Crippen molar-refractivity contribution >= 4 is 35.1 Å². The number of benzene rings is 2. The smallest absolute Gasteiger partial charge is 0.378 e. The Labute approximate surface area is 196 Å². The third-order valence-electron chi connectivity index (χ3n) is 4.82. The minimum absolute atomic E-state index is 0.0393. The Kier molecular flexibility index (Phi) is 7.94. The lowest BCUT2D eigenvalue weighted by atomic mass is 10.1. The highest BCUT2D eigenvalue weighted by molar-refractivity contribution is 6.30. The first kappa shape index (κ1) is 25.2. The molecule has 34 heavy (non-hydrogen) atoms. The van der Waals surface area contributed by atoms with Crippen molar-refractivity contribution in [2.24, 2.45) is 0 Å². The molecule has 1 fully saturated rings. The number of anilines is 1. The zero-order valence-electron chi connectivity index (χ0n) is 17.5. The Balaban J connectivity index is 1.79.